The number of ketones is 1. The van der Waals surface area contributed by atoms with Crippen LogP contribution in [0.4, 0.5) is 5.13 Å². The second-order valence-electron chi connectivity index (χ2n) is 7.11. The molecule has 9 heteroatoms. The van der Waals surface area contributed by atoms with Crippen molar-refractivity contribution in [3.63, 3.8) is 0 Å². The second-order valence-corrected chi connectivity index (χ2v) is 8.55. The lowest BCUT2D eigenvalue weighted by atomic mass is 9.95. The number of aliphatic hydroxyl groups is 1. The Hall–Kier alpha value is -3.75. The summed E-state index contributed by atoms with van der Waals surface area (Å²) in [6.45, 7) is 0. The number of benzene rings is 2. The number of thiazole rings is 1. The fraction of sp³-hybridized carbons (Fsp3) is 0.0435. The molecule has 1 aliphatic rings. The number of aromatic hydroxyl groups is 1. The third-order valence-corrected chi connectivity index (χ3v) is 6.40. The molecule has 5 rings (SSSR count). The van der Waals surface area contributed by atoms with Crippen molar-refractivity contribution in [1.82, 2.24) is 9.97 Å². The van der Waals surface area contributed by atoms with E-state index in [1.165, 1.54) is 40.8 Å². The summed E-state index contributed by atoms with van der Waals surface area (Å²) in [4.78, 5) is 36.0. The van der Waals surface area contributed by atoms with Crippen LogP contribution < -0.4 is 4.90 Å². The summed E-state index contributed by atoms with van der Waals surface area (Å²) in [5.74, 6) is -1.90. The number of carbonyl (C=O) groups is 2. The third kappa shape index (κ3) is 3.30. The van der Waals surface area contributed by atoms with Crippen LogP contribution in [0.25, 0.3) is 16.0 Å². The summed E-state index contributed by atoms with van der Waals surface area (Å²) in [6, 6.07) is 13.5. The van der Waals surface area contributed by atoms with E-state index in [1.54, 1.807) is 42.5 Å². The Morgan fingerprint density at radius 3 is 2.47 bits per heavy atom. The van der Waals surface area contributed by atoms with Gasteiger partial charge in [0.15, 0.2) is 5.13 Å². The van der Waals surface area contributed by atoms with Crippen LogP contribution >= 0.6 is 22.9 Å². The van der Waals surface area contributed by atoms with Crippen molar-refractivity contribution in [2.45, 2.75) is 6.04 Å². The normalized spacial score (nSPS) is 17.9. The molecular formula is C23H14ClN3O4S. The zero-order valence-electron chi connectivity index (χ0n) is 16.3. The number of carbonyl (C=O) groups excluding carboxylic acids is 2. The molecule has 4 aromatic rings. The van der Waals surface area contributed by atoms with Gasteiger partial charge in [-0.3, -0.25) is 19.5 Å². The number of fused-ring (bicyclic) bond motifs is 1. The summed E-state index contributed by atoms with van der Waals surface area (Å²) in [5.41, 5.74) is 1.46. The van der Waals surface area contributed by atoms with Crippen LogP contribution in [0, 0.1) is 0 Å². The summed E-state index contributed by atoms with van der Waals surface area (Å²) in [7, 11) is 0. The van der Waals surface area contributed by atoms with Gasteiger partial charge in [0.25, 0.3) is 5.78 Å². The first-order chi connectivity index (χ1) is 15.4. The molecule has 2 N–H and O–H groups in total. The molecule has 2 aromatic heterocycles. The minimum Gasteiger partial charge on any atom is -0.508 e. The van der Waals surface area contributed by atoms with E-state index in [0.717, 1.165) is 4.70 Å². The fourth-order valence-corrected chi connectivity index (χ4v) is 4.92. The minimum absolute atomic E-state index is 0.0365. The molecule has 2 aromatic carbocycles. The molecule has 3 heterocycles. The number of halogens is 1. The van der Waals surface area contributed by atoms with Crippen molar-refractivity contribution in [2.24, 2.45) is 0 Å². The number of phenolic OH excluding ortho intramolecular Hbond substituents is 1. The fourth-order valence-electron chi connectivity index (χ4n) is 3.66. The van der Waals surface area contributed by atoms with Gasteiger partial charge >= 0.3 is 5.91 Å². The Morgan fingerprint density at radius 2 is 1.75 bits per heavy atom. The molecule has 1 amide bonds. The van der Waals surface area contributed by atoms with Crippen molar-refractivity contribution in [3.05, 3.63) is 88.7 Å². The smallest absolute Gasteiger partial charge is 0.301 e. The van der Waals surface area contributed by atoms with Gasteiger partial charge in [-0.2, -0.15) is 0 Å². The van der Waals surface area contributed by atoms with Crippen LogP contribution in [-0.4, -0.2) is 31.9 Å². The number of hydrogen-bond acceptors (Lipinski definition) is 7. The molecular weight excluding hydrogens is 450 g/mol. The van der Waals surface area contributed by atoms with Gasteiger partial charge in [0, 0.05) is 23.0 Å². The van der Waals surface area contributed by atoms with Crippen molar-refractivity contribution >= 4 is 55.7 Å². The zero-order valence-corrected chi connectivity index (χ0v) is 17.8. The Bertz CT molecular complexity index is 1400. The first-order valence-corrected chi connectivity index (χ1v) is 10.7. The van der Waals surface area contributed by atoms with Crippen molar-refractivity contribution in [3.8, 4) is 5.75 Å². The second kappa shape index (κ2) is 7.74. The van der Waals surface area contributed by atoms with Crippen molar-refractivity contribution in [1.29, 1.82) is 0 Å². The lowest BCUT2D eigenvalue weighted by Crippen LogP contribution is -2.29. The standard InChI is InChI=1S/C23H14ClN3O4S/c24-14-3-6-16-17(11-14)32-23(26-16)27-19(12-1-4-15(28)5-2-12)18(21(30)22(27)31)20(29)13-7-9-25-10-8-13/h1-11,19,28-29H/b20-18+. The summed E-state index contributed by atoms with van der Waals surface area (Å²) in [6.07, 6.45) is 2.97. The highest BCUT2D eigenvalue weighted by Crippen LogP contribution is 2.44. The highest BCUT2D eigenvalue weighted by molar-refractivity contribution is 7.22. The predicted molar refractivity (Wildman–Crippen MR) is 122 cm³/mol. The van der Waals surface area contributed by atoms with Crippen LogP contribution in [0.15, 0.2) is 72.6 Å². The third-order valence-electron chi connectivity index (χ3n) is 5.15. The molecule has 7 nitrogen and oxygen atoms in total. The van der Waals surface area contributed by atoms with Crippen LogP contribution in [-0.2, 0) is 9.59 Å². The molecule has 32 heavy (non-hydrogen) atoms. The van der Waals surface area contributed by atoms with E-state index in [9.17, 15) is 19.8 Å². The minimum atomic E-state index is -0.931. The molecule has 1 fully saturated rings. The quantitative estimate of drug-likeness (QED) is 0.260. The van der Waals surface area contributed by atoms with Gasteiger partial charge in [-0.15, -0.1) is 0 Å². The molecule has 1 saturated heterocycles. The average molecular weight is 464 g/mol. The number of Topliss-reactive ketones (excluding diaryl/α,β-unsaturated/α-hetero) is 1. The number of pyridine rings is 1. The summed E-state index contributed by atoms with van der Waals surface area (Å²) >= 11 is 7.31. The summed E-state index contributed by atoms with van der Waals surface area (Å²) in [5, 5.41) is 21.6. The SMILES string of the molecule is O=C1C(=O)N(c2nc3ccc(Cl)cc3s2)C(c2ccc(O)cc2)/C1=C(\O)c1ccncc1. The molecule has 0 radical (unpaired) electrons. The van der Waals surface area contributed by atoms with Gasteiger partial charge in [0.1, 0.15) is 11.5 Å². The predicted octanol–water partition coefficient (Wildman–Crippen LogP) is 4.68. The van der Waals surface area contributed by atoms with Gasteiger partial charge in [0.05, 0.1) is 21.8 Å². The molecule has 1 atom stereocenters. The molecule has 0 aliphatic carbocycles. The highest BCUT2D eigenvalue weighted by atomic mass is 35.5. The molecule has 1 unspecified atom stereocenters. The van der Waals surface area contributed by atoms with E-state index in [4.69, 9.17) is 11.6 Å². The number of hydrogen-bond donors (Lipinski definition) is 2. The van der Waals surface area contributed by atoms with Crippen LogP contribution in [0.5, 0.6) is 5.75 Å². The van der Waals surface area contributed by atoms with E-state index in [-0.39, 0.29) is 17.1 Å². The monoisotopic (exact) mass is 463 g/mol. The van der Waals surface area contributed by atoms with E-state index < -0.39 is 17.7 Å². The Labute approximate surface area is 190 Å². The number of amides is 1. The Morgan fingerprint density at radius 1 is 1.03 bits per heavy atom. The molecule has 1 aliphatic heterocycles. The molecule has 158 valence electrons. The van der Waals surface area contributed by atoms with Crippen molar-refractivity contribution in [2.75, 3.05) is 4.90 Å². The van der Waals surface area contributed by atoms with Gasteiger partial charge in [-0.05, 0) is 48.0 Å². The van der Waals surface area contributed by atoms with Crippen LogP contribution in [0.3, 0.4) is 0 Å². The topological polar surface area (TPSA) is 104 Å². The first-order valence-electron chi connectivity index (χ1n) is 9.50. The van der Waals surface area contributed by atoms with E-state index in [2.05, 4.69) is 9.97 Å². The number of rotatable bonds is 3. The van der Waals surface area contributed by atoms with Gasteiger partial charge in [-0.1, -0.05) is 35.1 Å². The van der Waals surface area contributed by atoms with Crippen molar-refractivity contribution < 1.29 is 19.8 Å². The highest BCUT2D eigenvalue weighted by Gasteiger charge is 2.48. The Kier molecular flexibility index (Phi) is 4.88. The van der Waals surface area contributed by atoms with Gasteiger partial charge in [-0.25, -0.2) is 4.98 Å². The average Bonchev–Trinajstić information content (AvgIpc) is 3.32. The maximum absolute atomic E-state index is 13.2. The summed E-state index contributed by atoms with van der Waals surface area (Å²) < 4.78 is 0.757. The van der Waals surface area contributed by atoms with E-state index >= 15 is 0 Å². The number of phenols is 1. The molecule has 0 bridgehead atoms. The largest absolute Gasteiger partial charge is 0.508 e. The number of aliphatic hydroxyl groups excluding tert-OH is 1. The first kappa shape index (κ1) is 20.2. The maximum atomic E-state index is 13.2. The number of aromatic nitrogens is 2. The Balaban J connectivity index is 1.73. The maximum Gasteiger partial charge on any atom is 0.301 e. The lowest BCUT2D eigenvalue weighted by Gasteiger charge is -2.23. The van der Waals surface area contributed by atoms with Crippen LogP contribution in [0.1, 0.15) is 17.2 Å². The zero-order chi connectivity index (χ0) is 22.4. The lowest BCUT2D eigenvalue weighted by molar-refractivity contribution is -0.132. The van der Waals surface area contributed by atoms with E-state index in [1.807, 2.05) is 0 Å². The number of nitrogens with zero attached hydrogens (tertiary/aromatic N) is 3. The van der Waals surface area contributed by atoms with E-state index in [0.29, 0.717) is 26.8 Å². The van der Waals surface area contributed by atoms with Gasteiger partial charge in [0.2, 0.25) is 0 Å². The molecule has 0 spiro atoms. The van der Waals surface area contributed by atoms with Crippen LogP contribution in [0.2, 0.25) is 5.02 Å². The molecule has 0 saturated carbocycles. The van der Waals surface area contributed by atoms with Gasteiger partial charge < -0.3 is 10.2 Å². The number of anilines is 1.